The number of carbonyl (C=O) groups excluding carboxylic acids is 6. The van der Waals surface area contributed by atoms with Crippen LogP contribution in [0.1, 0.15) is 40.1 Å². The first-order chi connectivity index (χ1) is 29.9. The zero-order valence-corrected chi connectivity index (χ0v) is 37.9. The lowest BCUT2D eigenvalue weighted by Gasteiger charge is -2.15. The van der Waals surface area contributed by atoms with E-state index in [4.69, 9.17) is 81.2 Å². The van der Waals surface area contributed by atoms with Crippen LogP contribution in [0.15, 0.2) is 111 Å². The van der Waals surface area contributed by atoms with Crippen molar-refractivity contribution in [3.8, 4) is 0 Å². The first-order valence-electron chi connectivity index (χ1n) is 18.2. The van der Waals surface area contributed by atoms with E-state index < -0.39 is 47.3 Å². The normalized spacial score (nSPS) is 12.1. The number of nitrogens with one attached hydrogen (secondary N) is 4. The second-order valence-electron chi connectivity index (χ2n) is 13.4. The van der Waals surface area contributed by atoms with E-state index in [1.807, 2.05) is 0 Å². The predicted molar refractivity (Wildman–Crippen MR) is 248 cm³/mol. The van der Waals surface area contributed by atoms with Crippen molar-refractivity contribution >= 4 is 151 Å². The molecule has 2 unspecified atom stereocenters. The molecular formula is C42H31Cl7N8O6. The van der Waals surface area contributed by atoms with Gasteiger partial charge in [0.25, 0.3) is 23.6 Å². The number of benzene rings is 5. The third-order valence-corrected chi connectivity index (χ3v) is 9.87. The molecule has 0 bridgehead atoms. The van der Waals surface area contributed by atoms with Crippen LogP contribution in [0.5, 0.6) is 0 Å². The zero-order chi connectivity index (χ0) is 46.0. The minimum Gasteiger partial charge on any atom is -0.324 e. The molecule has 4 N–H and O–H groups in total. The third kappa shape index (κ3) is 14.3. The van der Waals surface area contributed by atoms with Crippen molar-refractivity contribution in [1.82, 2.24) is 0 Å². The summed E-state index contributed by atoms with van der Waals surface area (Å²) in [4.78, 5) is 78.0. The molecule has 0 saturated heterocycles. The number of azo groups is 2. The number of carbonyl (C=O) groups is 6. The Hall–Kier alpha value is -5.45. The first kappa shape index (κ1) is 48.6. The fourth-order valence-corrected chi connectivity index (χ4v) is 7.30. The summed E-state index contributed by atoms with van der Waals surface area (Å²) in [6, 6.07) is 18.4. The predicted octanol–water partition coefficient (Wildman–Crippen LogP) is 12.3. The number of Topliss-reactive ketones (excluding diaryl/α,β-unsaturated/α-hetero) is 2. The molecule has 5 aromatic carbocycles. The molecule has 0 aliphatic rings. The summed E-state index contributed by atoms with van der Waals surface area (Å²) in [5.74, 6) is -4.03. The summed E-state index contributed by atoms with van der Waals surface area (Å²) < 4.78 is 0. The number of aryl methyl sites for hydroxylation is 1. The molecule has 2 atom stereocenters. The number of ketones is 2. The minimum atomic E-state index is -1.62. The van der Waals surface area contributed by atoms with Gasteiger partial charge in [-0.2, -0.15) is 20.5 Å². The summed E-state index contributed by atoms with van der Waals surface area (Å²) in [5.41, 5.74) is 1.89. The van der Waals surface area contributed by atoms with Crippen LogP contribution >= 0.6 is 81.2 Å². The fraction of sp³-hybridized carbons (Fsp3) is 0.143. The number of nitrogens with zero attached hydrogens (tertiary/aromatic N) is 4. The van der Waals surface area contributed by atoms with E-state index >= 15 is 0 Å². The van der Waals surface area contributed by atoms with Crippen molar-refractivity contribution in [2.24, 2.45) is 20.5 Å². The number of rotatable bonds is 16. The van der Waals surface area contributed by atoms with Crippen molar-refractivity contribution in [3.63, 3.8) is 0 Å². The zero-order valence-electron chi connectivity index (χ0n) is 32.6. The summed E-state index contributed by atoms with van der Waals surface area (Å²) in [5, 5.41) is 28.0. The van der Waals surface area contributed by atoms with Crippen molar-refractivity contribution in [1.29, 1.82) is 0 Å². The summed E-state index contributed by atoms with van der Waals surface area (Å²) in [7, 11) is 0. The second-order valence-corrected chi connectivity index (χ2v) is 16.4. The maximum atomic E-state index is 13.4. The van der Waals surface area contributed by atoms with Crippen molar-refractivity contribution < 1.29 is 28.8 Å². The molecule has 5 aromatic rings. The van der Waals surface area contributed by atoms with E-state index in [1.54, 1.807) is 0 Å². The highest BCUT2D eigenvalue weighted by atomic mass is 35.5. The summed E-state index contributed by atoms with van der Waals surface area (Å²) >= 11 is 42.7. The largest absolute Gasteiger partial charge is 0.324 e. The molecule has 0 fully saturated rings. The van der Waals surface area contributed by atoms with E-state index in [9.17, 15) is 28.8 Å². The Kier molecular flexibility index (Phi) is 17.2. The number of hydrogen-bond acceptors (Lipinski definition) is 10. The van der Waals surface area contributed by atoms with E-state index in [0.29, 0.717) is 37.0 Å². The summed E-state index contributed by atoms with van der Waals surface area (Å²) in [6.07, 6.45) is 0.201. The van der Waals surface area contributed by atoms with Gasteiger partial charge in [0.05, 0.1) is 11.4 Å². The van der Waals surface area contributed by atoms with Gasteiger partial charge in [0.1, 0.15) is 0 Å². The molecule has 0 aliphatic carbocycles. The smallest absolute Gasteiger partial charge is 0.258 e. The Labute approximate surface area is 394 Å². The molecule has 0 heterocycles. The fourth-order valence-electron chi connectivity index (χ4n) is 5.58. The number of amides is 4. The Balaban J connectivity index is 1.28. The molecule has 0 aromatic heterocycles. The van der Waals surface area contributed by atoms with Crippen LogP contribution in [0.2, 0.25) is 30.1 Å². The second kappa shape index (κ2) is 22.3. The summed E-state index contributed by atoms with van der Waals surface area (Å²) in [6.45, 7) is 2.30. The lowest BCUT2D eigenvalue weighted by Crippen LogP contribution is -2.32. The van der Waals surface area contributed by atoms with E-state index in [-0.39, 0.29) is 56.2 Å². The van der Waals surface area contributed by atoms with Gasteiger partial charge < -0.3 is 21.3 Å². The van der Waals surface area contributed by atoms with Crippen LogP contribution < -0.4 is 21.3 Å². The average Bonchev–Trinajstić information content (AvgIpc) is 3.17. The average molecular weight is 992 g/mol. The molecule has 5 rings (SSSR count). The van der Waals surface area contributed by atoms with Gasteiger partial charge in [0.15, 0.2) is 11.6 Å². The van der Waals surface area contributed by atoms with Crippen LogP contribution in [0.25, 0.3) is 0 Å². The highest BCUT2D eigenvalue weighted by Gasteiger charge is 2.26. The molecule has 21 heteroatoms. The molecule has 63 heavy (non-hydrogen) atoms. The van der Waals surface area contributed by atoms with Crippen molar-refractivity contribution in [2.75, 3.05) is 27.1 Å². The maximum Gasteiger partial charge on any atom is 0.258 e. The number of halogens is 7. The number of alkyl halides is 1. The van der Waals surface area contributed by atoms with Crippen LogP contribution in [0.4, 0.5) is 34.1 Å². The number of hydrogen-bond donors (Lipinski definition) is 4. The highest BCUT2D eigenvalue weighted by Crippen LogP contribution is 2.29. The number of anilines is 4. The Bertz CT molecular complexity index is 2660. The van der Waals surface area contributed by atoms with Crippen molar-refractivity contribution in [2.45, 2.75) is 32.4 Å². The third-order valence-electron chi connectivity index (χ3n) is 8.37. The van der Waals surface area contributed by atoms with Gasteiger partial charge in [0.2, 0.25) is 12.1 Å². The quantitative estimate of drug-likeness (QED) is 0.0430. The molecule has 0 saturated carbocycles. The van der Waals surface area contributed by atoms with Gasteiger partial charge in [-0.3, -0.25) is 28.8 Å². The molecule has 0 spiro atoms. The Morgan fingerprint density at radius 3 is 1.32 bits per heavy atom. The molecule has 14 nitrogen and oxygen atoms in total. The van der Waals surface area contributed by atoms with Gasteiger partial charge in [-0.15, -0.1) is 11.6 Å². The van der Waals surface area contributed by atoms with E-state index in [1.165, 1.54) is 91.0 Å². The lowest BCUT2D eigenvalue weighted by atomic mass is 10.1. The molecule has 4 amide bonds. The highest BCUT2D eigenvalue weighted by molar-refractivity contribution is 6.36. The van der Waals surface area contributed by atoms with E-state index in [0.717, 1.165) is 13.8 Å². The minimum absolute atomic E-state index is 0.0721. The molecule has 0 aliphatic heterocycles. The van der Waals surface area contributed by atoms with E-state index in [2.05, 4.69) is 41.7 Å². The molecule has 324 valence electrons. The monoisotopic (exact) mass is 988 g/mol. The van der Waals surface area contributed by atoms with Crippen LogP contribution in [-0.4, -0.2) is 53.2 Å². The van der Waals surface area contributed by atoms with Crippen LogP contribution in [-0.2, 0) is 25.6 Å². The molecular weight excluding hydrogens is 961 g/mol. The molecule has 0 radical (unpaired) electrons. The van der Waals surface area contributed by atoms with Crippen molar-refractivity contribution in [3.05, 3.63) is 138 Å². The SMILES string of the molecule is CC(=O)C(N=Nc1cc(Cl)cc(C(=O)Nc2cc(Cl)cc(Cl)c2)c1)C(=O)Nc1ccc(NC(=O)C(N=Nc2cc(Cl)cc(C(=O)Nc3cc(Cl)cc(Cl)c3)c2)C(C)=O)c(CCCl)c1. The van der Waals surface area contributed by atoms with Crippen LogP contribution in [0, 0.1) is 0 Å². The van der Waals surface area contributed by atoms with Gasteiger partial charge >= 0.3 is 0 Å². The van der Waals surface area contributed by atoms with Gasteiger partial charge in [-0.05, 0) is 117 Å². The van der Waals surface area contributed by atoms with Crippen LogP contribution in [0.3, 0.4) is 0 Å². The first-order valence-corrected chi connectivity index (χ1v) is 21.0. The van der Waals surface area contributed by atoms with Gasteiger partial charge in [0, 0.05) is 69.9 Å². The standard InChI is InChI=1S/C42H31Cl7N8O6/c1-20(58)37(56-54-34-10-23(7-25(44)18-34)39(60)51-32-14-27(46)12-28(47)15-32)41(62)50-31-3-4-36(22(9-31)5-6-43)53-42(63)38(21(2)59)57-55-35-11-24(8-26(45)19-35)40(61)52-33-16-29(48)13-30(49)17-33/h3-4,7-19,37-38H,5-6H2,1-2H3,(H,50,62)(H,51,60)(H,52,61)(H,53,63). The maximum absolute atomic E-state index is 13.4. The topological polar surface area (TPSA) is 200 Å². The Morgan fingerprint density at radius 2 is 0.905 bits per heavy atom. The lowest BCUT2D eigenvalue weighted by molar-refractivity contribution is -0.127. The van der Waals surface area contributed by atoms with Gasteiger partial charge in [-0.25, -0.2) is 0 Å². The van der Waals surface area contributed by atoms with Gasteiger partial charge in [-0.1, -0.05) is 69.6 Å². The Morgan fingerprint density at radius 1 is 0.492 bits per heavy atom.